The molecule has 0 aliphatic heterocycles. The molecule has 0 saturated carbocycles. The quantitative estimate of drug-likeness (QED) is 0.710. The molecule has 0 aromatic heterocycles. The Labute approximate surface area is 160 Å². The molecular weight excluding hydrogens is 332 g/mol. The predicted octanol–water partition coefficient (Wildman–Crippen LogP) is 4.39. The lowest BCUT2D eigenvalue weighted by atomic mass is 9.80. The first-order valence-electron chi connectivity index (χ1n) is 10.4. The molecule has 0 heterocycles. The van der Waals surface area contributed by atoms with Crippen LogP contribution in [0.15, 0.2) is 18.2 Å². The lowest BCUT2D eigenvalue weighted by Crippen LogP contribution is -2.29. The summed E-state index contributed by atoms with van der Waals surface area (Å²) in [7, 11) is 0. The van der Waals surface area contributed by atoms with Crippen molar-refractivity contribution in [1.82, 2.24) is 0 Å². The summed E-state index contributed by atoms with van der Waals surface area (Å²) in [6.45, 7) is 1.71. The van der Waals surface area contributed by atoms with E-state index in [0.29, 0.717) is 5.78 Å². The first kappa shape index (κ1) is 15.8. The number of benzene rings is 2. The van der Waals surface area contributed by atoms with Gasteiger partial charge >= 0.3 is 0 Å². The predicted molar refractivity (Wildman–Crippen MR) is 105 cm³/mol. The highest BCUT2D eigenvalue weighted by atomic mass is 16.1. The molecule has 2 heteroatoms. The third-order valence-electron chi connectivity index (χ3n) is 7.60. The van der Waals surface area contributed by atoms with Gasteiger partial charge in [-0.3, -0.25) is 9.59 Å². The lowest BCUT2D eigenvalue weighted by Gasteiger charge is -2.20. The van der Waals surface area contributed by atoms with E-state index in [1.165, 1.54) is 45.4 Å². The van der Waals surface area contributed by atoms with Crippen LogP contribution in [0.1, 0.15) is 79.4 Å². The first-order chi connectivity index (χ1) is 13.1. The first-order valence-corrected chi connectivity index (χ1v) is 10.4. The van der Waals surface area contributed by atoms with Gasteiger partial charge in [-0.05, 0) is 104 Å². The normalized spacial score (nSPS) is 24.3. The van der Waals surface area contributed by atoms with E-state index in [4.69, 9.17) is 0 Å². The number of ketones is 2. The molecular formula is C25H24O2. The van der Waals surface area contributed by atoms with Gasteiger partial charge in [-0.2, -0.15) is 0 Å². The monoisotopic (exact) mass is 356 g/mol. The average Bonchev–Trinajstić information content (AvgIpc) is 3.38. The van der Waals surface area contributed by atoms with E-state index < -0.39 is 0 Å². The van der Waals surface area contributed by atoms with E-state index in [2.05, 4.69) is 18.2 Å². The van der Waals surface area contributed by atoms with Crippen LogP contribution in [-0.4, -0.2) is 11.6 Å². The highest BCUT2D eigenvalue weighted by Gasteiger charge is 2.51. The second-order valence-corrected chi connectivity index (χ2v) is 9.17. The molecule has 0 unspecified atom stereocenters. The van der Waals surface area contributed by atoms with Gasteiger partial charge in [0.1, 0.15) is 0 Å². The van der Waals surface area contributed by atoms with E-state index >= 15 is 0 Å². The summed E-state index contributed by atoms with van der Waals surface area (Å²) in [5, 5.41) is 0. The fourth-order valence-electron chi connectivity index (χ4n) is 6.54. The zero-order valence-corrected chi connectivity index (χ0v) is 15.9. The van der Waals surface area contributed by atoms with Crippen molar-refractivity contribution in [2.45, 2.75) is 64.7 Å². The van der Waals surface area contributed by atoms with Gasteiger partial charge in [-0.1, -0.05) is 18.2 Å². The van der Waals surface area contributed by atoms with Crippen LogP contribution in [0.3, 0.4) is 0 Å². The second kappa shape index (κ2) is 5.19. The molecule has 4 aliphatic rings. The Morgan fingerprint density at radius 1 is 0.815 bits per heavy atom. The van der Waals surface area contributed by atoms with Crippen LogP contribution < -0.4 is 0 Å². The minimum atomic E-state index is -0.332. The number of rotatable bonds is 1. The Kier molecular flexibility index (Phi) is 3.03. The summed E-state index contributed by atoms with van der Waals surface area (Å²) in [6.07, 6.45) is 9.03. The largest absolute Gasteiger partial charge is 0.294 e. The van der Waals surface area contributed by atoms with Gasteiger partial charge in [0.2, 0.25) is 0 Å². The summed E-state index contributed by atoms with van der Waals surface area (Å²) >= 11 is 0. The molecule has 0 saturated heterocycles. The van der Waals surface area contributed by atoms with E-state index in [1.54, 1.807) is 6.92 Å². The summed E-state index contributed by atoms with van der Waals surface area (Å²) in [4.78, 5) is 26.2. The van der Waals surface area contributed by atoms with Gasteiger partial charge in [0.05, 0.1) is 0 Å². The lowest BCUT2D eigenvalue weighted by molar-refractivity contribution is 0.0829. The van der Waals surface area contributed by atoms with Gasteiger partial charge in [0, 0.05) is 16.5 Å². The van der Waals surface area contributed by atoms with Crippen LogP contribution in [0, 0.1) is 5.41 Å². The fourth-order valence-corrected chi connectivity index (χ4v) is 6.54. The molecule has 0 fully saturated rings. The minimum absolute atomic E-state index is 0.186. The molecule has 136 valence electrons. The van der Waals surface area contributed by atoms with Crippen molar-refractivity contribution in [3.05, 3.63) is 68.3 Å². The maximum atomic E-state index is 13.7. The SMILES string of the molecule is CC(=O)c1c2c(cc3c1C[C@]1(C3)Cc3ccc4c(c3C1=O)CCC4)CCC2. The minimum Gasteiger partial charge on any atom is -0.294 e. The maximum absolute atomic E-state index is 13.7. The smallest absolute Gasteiger partial charge is 0.170 e. The van der Waals surface area contributed by atoms with E-state index in [0.717, 1.165) is 62.5 Å². The Morgan fingerprint density at radius 2 is 1.52 bits per heavy atom. The number of hydrogen-bond acceptors (Lipinski definition) is 2. The van der Waals surface area contributed by atoms with Gasteiger partial charge in [-0.25, -0.2) is 0 Å². The maximum Gasteiger partial charge on any atom is 0.170 e. The number of carbonyl (C=O) groups excluding carboxylic acids is 2. The molecule has 0 bridgehead atoms. The molecule has 1 spiro atoms. The van der Waals surface area contributed by atoms with Crippen molar-refractivity contribution in [1.29, 1.82) is 0 Å². The topological polar surface area (TPSA) is 34.1 Å². The molecule has 4 aliphatic carbocycles. The molecule has 27 heavy (non-hydrogen) atoms. The molecule has 0 amide bonds. The van der Waals surface area contributed by atoms with Crippen LogP contribution in [0.2, 0.25) is 0 Å². The van der Waals surface area contributed by atoms with Crippen LogP contribution in [0.4, 0.5) is 0 Å². The van der Waals surface area contributed by atoms with Gasteiger partial charge < -0.3 is 0 Å². The van der Waals surface area contributed by atoms with Crippen LogP contribution >= 0.6 is 0 Å². The summed E-state index contributed by atoms with van der Waals surface area (Å²) in [6, 6.07) is 6.80. The molecule has 0 N–H and O–H groups in total. The number of hydrogen-bond donors (Lipinski definition) is 0. The molecule has 2 aromatic carbocycles. The Morgan fingerprint density at radius 3 is 2.33 bits per heavy atom. The molecule has 1 atom stereocenters. The van der Waals surface area contributed by atoms with Crippen molar-refractivity contribution >= 4 is 11.6 Å². The average molecular weight is 356 g/mol. The Balaban J connectivity index is 1.48. The van der Waals surface area contributed by atoms with Gasteiger partial charge in [-0.15, -0.1) is 0 Å². The number of carbonyl (C=O) groups is 2. The van der Waals surface area contributed by atoms with E-state index in [9.17, 15) is 9.59 Å². The standard InChI is InChI=1S/C25H24O2/c1-14(26)22-20-7-3-5-16(20)10-18-12-25(13-21(18)22)11-17-9-8-15-4-2-6-19(15)23(17)24(25)27/h8-10H,2-7,11-13H2,1H3/t25-/m1/s1. The van der Waals surface area contributed by atoms with Crippen molar-refractivity contribution in [3.63, 3.8) is 0 Å². The zero-order valence-electron chi connectivity index (χ0n) is 15.9. The fraction of sp³-hybridized carbons (Fsp3) is 0.440. The van der Waals surface area contributed by atoms with Gasteiger partial charge in [0.15, 0.2) is 11.6 Å². The van der Waals surface area contributed by atoms with Crippen LogP contribution in [0.25, 0.3) is 0 Å². The highest BCUT2D eigenvalue weighted by Crippen LogP contribution is 2.51. The van der Waals surface area contributed by atoms with Crippen molar-refractivity contribution in [2.75, 3.05) is 0 Å². The third-order valence-corrected chi connectivity index (χ3v) is 7.60. The van der Waals surface area contributed by atoms with Gasteiger partial charge in [0.25, 0.3) is 0 Å². The van der Waals surface area contributed by atoms with E-state index in [1.807, 2.05) is 0 Å². The Bertz CT molecular complexity index is 1060. The molecule has 0 radical (unpaired) electrons. The summed E-state index contributed by atoms with van der Waals surface area (Å²) < 4.78 is 0. The molecule has 2 nitrogen and oxygen atoms in total. The summed E-state index contributed by atoms with van der Waals surface area (Å²) in [5.41, 5.74) is 10.8. The van der Waals surface area contributed by atoms with E-state index in [-0.39, 0.29) is 11.2 Å². The number of aryl methyl sites for hydroxylation is 2. The molecule has 2 aromatic rings. The summed E-state index contributed by atoms with van der Waals surface area (Å²) in [5.74, 6) is 0.549. The zero-order chi connectivity index (χ0) is 18.3. The molecule has 6 rings (SSSR count). The van der Waals surface area contributed by atoms with Crippen molar-refractivity contribution < 1.29 is 9.59 Å². The number of fused-ring (bicyclic) bond motifs is 5. The van der Waals surface area contributed by atoms with Crippen LogP contribution in [0.5, 0.6) is 0 Å². The second-order valence-electron chi connectivity index (χ2n) is 9.17. The van der Waals surface area contributed by atoms with Crippen molar-refractivity contribution in [2.24, 2.45) is 5.41 Å². The Hall–Kier alpha value is -2.22. The van der Waals surface area contributed by atoms with Crippen LogP contribution in [-0.2, 0) is 44.9 Å². The highest BCUT2D eigenvalue weighted by molar-refractivity contribution is 6.08. The van der Waals surface area contributed by atoms with Crippen molar-refractivity contribution in [3.8, 4) is 0 Å². The number of Topliss-reactive ketones (excluding diaryl/α,β-unsaturated/α-hetero) is 2. The third kappa shape index (κ3) is 1.96.